The van der Waals surface area contributed by atoms with E-state index in [-0.39, 0.29) is 16.9 Å². The summed E-state index contributed by atoms with van der Waals surface area (Å²) < 4.78 is 14.0. The van der Waals surface area contributed by atoms with Crippen molar-refractivity contribution in [1.29, 1.82) is 0 Å². The Kier molecular flexibility index (Phi) is 6.74. The van der Waals surface area contributed by atoms with Crippen LogP contribution in [0.2, 0.25) is 0 Å². The second kappa shape index (κ2) is 9.65. The lowest BCUT2D eigenvalue weighted by molar-refractivity contribution is -0.384. The first-order chi connectivity index (χ1) is 15.2. The molecule has 0 aliphatic carbocycles. The molecule has 3 aromatic rings. The molecule has 0 unspecified atom stereocenters. The molecular formula is C24H20FN3O4. The zero-order valence-corrected chi connectivity index (χ0v) is 17.4. The molecule has 0 atom stereocenters. The first kappa shape index (κ1) is 22.4. The Labute approximate surface area is 183 Å². The van der Waals surface area contributed by atoms with Crippen molar-refractivity contribution >= 4 is 29.3 Å². The number of non-ortho nitro benzene ring substituents is 1. The number of benzene rings is 3. The van der Waals surface area contributed by atoms with E-state index in [0.717, 1.165) is 17.2 Å². The topological polar surface area (TPSA) is 101 Å². The molecule has 0 spiro atoms. The second-order valence-corrected chi connectivity index (χ2v) is 7.17. The summed E-state index contributed by atoms with van der Waals surface area (Å²) in [5, 5.41) is 16.2. The fourth-order valence-electron chi connectivity index (χ4n) is 3.13. The van der Waals surface area contributed by atoms with Crippen LogP contribution in [-0.4, -0.2) is 16.7 Å². The van der Waals surface area contributed by atoms with Gasteiger partial charge < -0.3 is 10.6 Å². The fraction of sp³-hybridized carbons (Fsp3) is 0.0833. The van der Waals surface area contributed by atoms with Crippen LogP contribution in [0.5, 0.6) is 0 Å². The molecule has 0 bridgehead atoms. The van der Waals surface area contributed by atoms with Crippen molar-refractivity contribution in [2.75, 3.05) is 5.32 Å². The molecule has 3 rings (SSSR count). The first-order valence-electron chi connectivity index (χ1n) is 9.64. The third-order valence-corrected chi connectivity index (χ3v) is 4.48. The SMILES string of the molecule is Cc1cc(C)cc(NC(=O)/C(=C/c2cccc([N+](=O)[O-])c2)NC(=O)c2ccccc2F)c1. The fourth-order valence-corrected chi connectivity index (χ4v) is 3.13. The van der Waals surface area contributed by atoms with Gasteiger partial charge in [-0.15, -0.1) is 0 Å². The Morgan fingerprint density at radius 1 is 0.969 bits per heavy atom. The summed E-state index contributed by atoms with van der Waals surface area (Å²) in [5.74, 6) is -2.23. The van der Waals surface area contributed by atoms with Crippen LogP contribution >= 0.6 is 0 Å². The summed E-state index contributed by atoms with van der Waals surface area (Å²) in [6.45, 7) is 3.75. The molecule has 0 saturated carbocycles. The first-order valence-corrected chi connectivity index (χ1v) is 9.64. The average molecular weight is 433 g/mol. The molecule has 2 N–H and O–H groups in total. The maximum atomic E-state index is 14.0. The normalized spacial score (nSPS) is 11.0. The van der Waals surface area contributed by atoms with E-state index < -0.39 is 22.6 Å². The van der Waals surface area contributed by atoms with E-state index in [4.69, 9.17) is 0 Å². The van der Waals surface area contributed by atoms with E-state index in [1.54, 1.807) is 18.2 Å². The summed E-state index contributed by atoms with van der Waals surface area (Å²) in [4.78, 5) is 36.1. The van der Waals surface area contributed by atoms with Gasteiger partial charge in [-0.05, 0) is 60.9 Å². The smallest absolute Gasteiger partial charge is 0.272 e. The molecule has 0 radical (unpaired) electrons. The van der Waals surface area contributed by atoms with Crippen LogP contribution in [0, 0.1) is 29.8 Å². The summed E-state index contributed by atoms with van der Waals surface area (Å²) in [5.41, 5.74) is 2.08. The van der Waals surface area contributed by atoms with E-state index in [1.165, 1.54) is 42.5 Å². The number of carbonyl (C=O) groups excluding carboxylic acids is 2. The summed E-state index contributed by atoms with van der Waals surface area (Å²) in [6.07, 6.45) is 1.30. The van der Waals surface area contributed by atoms with Crippen molar-refractivity contribution in [3.8, 4) is 0 Å². The van der Waals surface area contributed by atoms with Crippen molar-refractivity contribution in [3.63, 3.8) is 0 Å². The van der Waals surface area contributed by atoms with Gasteiger partial charge in [0.2, 0.25) is 0 Å². The van der Waals surface area contributed by atoms with Crippen molar-refractivity contribution < 1.29 is 18.9 Å². The predicted molar refractivity (Wildman–Crippen MR) is 119 cm³/mol. The number of halogens is 1. The molecule has 0 aliphatic rings. The number of nitrogens with zero attached hydrogens (tertiary/aromatic N) is 1. The van der Waals surface area contributed by atoms with Gasteiger partial charge in [0.05, 0.1) is 10.5 Å². The maximum absolute atomic E-state index is 14.0. The zero-order chi connectivity index (χ0) is 23.3. The van der Waals surface area contributed by atoms with Gasteiger partial charge in [0.15, 0.2) is 0 Å². The van der Waals surface area contributed by atoms with Gasteiger partial charge in [-0.1, -0.05) is 30.3 Å². The third-order valence-electron chi connectivity index (χ3n) is 4.48. The Morgan fingerprint density at radius 2 is 1.66 bits per heavy atom. The molecule has 3 aromatic carbocycles. The molecule has 8 heteroatoms. The molecular weight excluding hydrogens is 413 g/mol. The van der Waals surface area contributed by atoms with Gasteiger partial charge in [-0.25, -0.2) is 4.39 Å². The Morgan fingerprint density at radius 3 is 2.31 bits per heavy atom. The molecule has 0 aliphatic heterocycles. The van der Waals surface area contributed by atoms with Crippen molar-refractivity contribution in [2.45, 2.75) is 13.8 Å². The maximum Gasteiger partial charge on any atom is 0.272 e. The lowest BCUT2D eigenvalue weighted by Gasteiger charge is -2.12. The van der Waals surface area contributed by atoms with Gasteiger partial charge in [-0.3, -0.25) is 19.7 Å². The van der Waals surface area contributed by atoms with Crippen LogP contribution in [0.4, 0.5) is 15.8 Å². The third kappa shape index (κ3) is 5.63. The Balaban J connectivity index is 1.97. The van der Waals surface area contributed by atoms with Crippen LogP contribution in [-0.2, 0) is 4.79 Å². The average Bonchev–Trinajstić information content (AvgIpc) is 2.73. The summed E-state index contributed by atoms with van der Waals surface area (Å²) >= 11 is 0. The minimum Gasteiger partial charge on any atom is -0.321 e. The zero-order valence-electron chi connectivity index (χ0n) is 17.4. The molecule has 0 heterocycles. The number of nitro groups is 1. The highest BCUT2D eigenvalue weighted by atomic mass is 19.1. The van der Waals surface area contributed by atoms with Gasteiger partial charge >= 0.3 is 0 Å². The molecule has 7 nitrogen and oxygen atoms in total. The lowest BCUT2D eigenvalue weighted by atomic mass is 10.1. The van der Waals surface area contributed by atoms with Gasteiger partial charge in [0.1, 0.15) is 11.5 Å². The summed E-state index contributed by atoms with van der Waals surface area (Å²) in [7, 11) is 0. The van der Waals surface area contributed by atoms with E-state index >= 15 is 0 Å². The summed E-state index contributed by atoms with van der Waals surface area (Å²) in [6, 6.07) is 16.4. The number of anilines is 1. The van der Waals surface area contributed by atoms with Crippen LogP contribution in [0.15, 0.2) is 72.4 Å². The minimum atomic E-state index is -0.824. The number of amides is 2. The standard InChI is InChI=1S/C24H20FN3O4/c1-15-10-16(2)12-18(11-15)26-24(30)22(14-17-6-5-7-19(13-17)28(31)32)27-23(29)20-8-3-4-9-21(20)25/h3-14H,1-2H3,(H,26,30)(H,27,29)/b22-14-. The van der Waals surface area contributed by atoms with Crippen molar-refractivity contribution in [3.05, 3.63) is 111 Å². The molecule has 0 saturated heterocycles. The Hall–Kier alpha value is -4.33. The van der Waals surface area contributed by atoms with Crippen molar-refractivity contribution in [1.82, 2.24) is 5.32 Å². The number of hydrogen-bond acceptors (Lipinski definition) is 4. The number of hydrogen-bond donors (Lipinski definition) is 2. The van der Waals surface area contributed by atoms with Crippen molar-refractivity contribution in [2.24, 2.45) is 0 Å². The molecule has 0 aromatic heterocycles. The van der Waals surface area contributed by atoms with E-state index in [1.807, 2.05) is 19.9 Å². The lowest BCUT2D eigenvalue weighted by Crippen LogP contribution is -2.31. The van der Waals surface area contributed by atoms with E-state index in [9.17, 15) is 24.1 Å². The minimum absolute atomic E-state index is 0.173. The number of carbonyl (C=O) groups is 2. The molecule has 2 amide bonds. The van der Waals surface area contributed by atoms with E-state index in [0.29, 0.717) is 11.3 Å². The number of aryl methyl sites for hydroxylation is 2. The molecule has 162 valence electrons. The van der Waals surface area contributed by atoms with Gasteiger partial charge in [0.25, 0.3) is 17.5 Å². The quantitative estimate of drug-likeness (QED) is 0.332. The van der Waals surface area contributed by atoms with Gasteiger partial charge in [0, 0.05) is 17.8 Å². The number of nitro benzene ring substituents is 1. The Bertz CT molecular complexity index is 1220. The molecule has 32 heavy (non-hydrogen) atoms. The highest BCUT2D eigenvalue weighted by Crippen LogP contribution is 2.18. The second-order valence-electron chi connectivity index (χ2n) is 7.17. The predicted octanol–water partition coefficient (Wildman–Crippen LogP) is 4.76. The van der Waals surface area contributed by atoms with Crippen LogP contribution < -0.4 is 10.6 Å². The number of rotatable bonds is 6. The largest absolute Gasteiger partial charge is 0.321 e. The molecule has 0 fully saturated rings. The highest BCUT2D eigenvalue weighted by Gasteiger charge is 2.18. The van der Waals surface area contributed by atoms with Crippen LogP contribution in [0.1, 0.15) is 27.0 Å². The van der Waals surface area contributed by atoms with Gasteiger partial charge in [-0.2, -0.15) is 0 Å². The van der Waals surface area contributed by atoms with Crippen LogP contribution in [0.3, 0.4) is 0 Å². The monoisotopic (exact) mass is 433 g/mol. The van der Waals surface area contributed by atoms with Crippen LogP contribution in [0.25, 0.3) is 6.08 Å². The number of nitrogens with one attached hydrogen (secondary N) is 2. The van der Waals surface area contributed by atoms with E-state index in [2.05, 4.69) is 10.6 Å². The highest BCUT2D eigenvalue weighted by molar-refractivity contribution is 6.10.